The minimum atomic E-state index is -1.16. The minimum absolute atomic E-state index is 0.395. The molecule has 0 aliphatic rings. The highest BCUT2D eigenvalue weighted by molar-refractivity contribution is 7.10. The van der Waals surface area contributed by atoms with Crippen molar-refractivity contribution >= 4 is 11.3 Å². The Hall–Kier alpha value is -0.380. The third-order valence-electron chi connectivity index (χ3n) is 2.40. The van der Waals surface area contributed by atoms with Crippen molar-refractivity contribution < 1.29 is 5.11 Å². The first-order valence-electron chi connectivity index (χ1n) is 4.91. The topological polar surface area (TPSA) is 46.2 Å². The molecule has 0 aromatic carbocycles. The van der Waals surface area contributed by atoms with Gasteiger partial charge in [-0.2, -0.15) is 0 Å². The smallest absolute Gasteiger partial charge is 0.149 e. The van der Waals surface area contributed by atoms with Gasteiger partial charge in [-0.25, -0.2) is 0 Å². The summed E-state index contributed by atoms with van der Waals surface area (Å²) in [6.45, 7) is 8.18. The number of aryl methyl sites for hydroxylation is 1. The fourth-order valence-electron chi connectivity index (χ4n) is 1.64. The number of aliphatic hydroxyl groups is 1. The van der Waals surface area contributed by atoms with Gasteiger partial charge in [-0.3, -0.25) is 5.73 Å². The van der Waals surface area contributed by atoms with Crippen LogP contribution in [0.1, 0.15) is 36.3 Å². The van der Waals surface area contributed by atoms with E-state index in [1.165, 1.54) is 5.56 Å². The Balaban J connectivity index is 2.97. The molecule has 0 aliphatic carbocycles. The average Bonchev–Trinajstić information content (AvgIpc) is 2.30. The predicted octanol–water partition coefficient (Wildman–Crippen LogP) is 2.51. The van der Waals surface area contributed by atoms with Crippen LogP contribution in [0.3, 0.4) is 0 Å². The van der Waals surface area contributed by atoms with Crippen LogP contribution in [0.2, 0.25) is 0 Å². The van der Waals surface area contributed by atoms with Crippen molar-refractivity contribution in [2.75, 3.05) is 0 Å². The molecule has 0 aliphatic heterocycles. The van der Waals surface area contributed by atoms with Gasteiger partial charge in [0.25, 0.3) is 0 Å². The van der Waals surface area contributed by atoms with E-state index in [0.29, 0.717) is 12.3 Å². The monoisotopic (exact) mass is 213 g/mol. The molecule has 0 radical (unpaired) electrons. The first-order chi connectivity index (χ1) is 6.34. The van der Waals surface area contributed by atoms with Crippen LogP contribution in [0, 0.1) is 19.8 Å². The van der Waals surface area contributed by atoms with Crippen molar-refractivity contribution in [3.8, 4) is 0 Å². The maximum Gasteiger partial charge on any atom is 0.149 e. The average molecular weight is 213 g/mol. The summed E-state index contributed by atoms with van der Waals surface area (Å²) < 4.78 is 0. The highest BCUT2D eigenvalue weighted by atomic mass is 32.1. The van der Waals surface area contributed by atoms with Crippen molar-refractivity contribution in [2.24, 2.45) is 11.7 Å². The van der Waals surface area contributed by atoms with E-state index in [1.807, 2.05) is 19.2 Å². The van der Waals surface area contributed by atoms with Crippen LogP contribution in [0.5, 0.6) is 0 Å². The van der Waals surface area contributed by atoms with Crippen LogP contribution in [0.25, 0.3) is 0 Å². The van der Waals surface area contributed by atoms with E-state index in [1.54, 1.807) is 11.3 Å². The lowest BCUT2D eigenvalue weighted by Gasteiger charge is -2.25. The largest absolute Gasteiger partial charge is 0.371 e. The predicted molar refractivity (Wildman–Crippen MR) is 61.3 cm³/mol. The van der Waals surface area contributed by atoms with Crippen LogP contribution >= 0.6 is 11.3 Å². The molecule has 1 heterocycles. The van der Waals surface area contributed by atoms with Gasteiger partial charge in [-0.15, -0.1) is 11.3 Å². The van der Waals surface area contributed by atoms with E-state index in [9.17, 15) is 5.11 Å². The first kappa shape index (κ1) is 11.7. The first-order valence-corrected chi connectivity index (χ1v) is 5.79. The molecule has 0 spiro atoms. The summed E-state index contributed by atoms with van der Waals surface area (Å²) in [4.78, 5) is 0.906. The van der Waals surface area contributed by atoms with Crippen LogP contribution in [-0.2, 0) is 5.72 Å². The Morgan fingerprint density at radius 2 is 2.07 bits per heavy atom. The molecule has 1 aromatic rings. The molecule has 1 unspecified atom stereocenters. The molecule has 1 rings (SSSR count). The molecule has 0 amide bonds. The van der Waals surface area contributed by atoms with Crippen LogP contribution in [0.15, 0.2) is 5.38 Å². The molecule has 3 N–H and O–H groups in total. The summed E-state index contributed by atoms with van der Waals surface area (Å²) in [5.74, 6) is 0.395. The maximum absolute atomic E-state index is 10.1. The van der Waals surface area contributed by atoms with Gasteiger partial charge < -0.3 is 5.11 Å². The molecule has 0 saturated heterocycles. The van der Waals surface area contributed by atoms with Crippen molar-refractivity contribution in [3.05, 3.63) is 21.4 Å². The highest BCUT2D eigenvalue weighted by Crippen LogP contribution is 2.32. The summed E-state index contributed by atoms with van der Waals surface area (Å²) in [5.41, 5.74) is 7.10. The van der Waals surface area contributed by atoms with Crippen molar-refractivity contribution in [1.82, 2.24) is 0 Å². The Bertz CT molecular complexity index is 315. The second-order valence-corrected chi connectivity index (χ2v) is 5.27. The fraction of sp³-hybridized carbons (Fsp3) is 0.636. The normalized spacial score (nSPS) is 15.9. The zero-order chi connectivity index (χ0) is 10.9. The van der Waals surface area contributed by atoms with E-state index in [-0.39, 0.29) is 0 Å². The van der Waals surface area contributed by atoms with E-state index in [4.69, 9.17) is 5.73 Å². The Kier molecular flexibility index (Phi) is 3.35. The number of rotatable bonds is 3. The Labute approximate surface area is 89.8 Å². The summed E-state index contributed by atoms with van der Waals surface area (Å²) in [6, 6.07) is 0. The van der Waals surface area contributed by atoms with Crippen molar-refractivity contribution in [1.29, 1.82) is 0 Å². The third-order valence-corrected chi connectivity index (χ3v) is 3.77. The van der Waals surface area contributed by atoms with E-state index < -0.39 is 5.72 Å². The molecule has 14 heavy (non-hydrogen) atoms. The number of hydrogen-bond donors (Lipinski definition) is 2. The summed E-state index contributed by atoms with van der Waals surface area (Å²) in [5, 5.41) is 12.2. The SMILES string of the molecule is Cc1csc(C(N)(O)CC(C)C)c1C. The molecular weight excluding hydrogens is 194 g/mol. The van der Waals surface area contributed by atoms with Gasteiger partial charge in [0.1, 0.15) is 5.72 Å². The number of hydrogen-bond acceptors (Lipinski definition) is 3. The zero-order valence-electron chi connectivity index (χ0n) is 9.29. The van der Waals surface area contributed by atoms with Gasteiger partial charge in [-0.05, 0) is 42.7 Å². The maximum atomic E-state index is 10.1. The van der Waals surface area contributed by atoms with E-state index in [2.05, 4.69) is 13.8 Å². The number of nitrogens with two attached hydrogens (primary N) is 1. The lowest BCUT2D eigenvalue weighted by molar-refractivity contribution is 0.0249. The molecule has 80 valence electrons. The third kappa shape index (κ3) is 2.35. The molecular formula is C11H19NOS. The lowest BCUT2D eigenvalue weighted by atomic mass is 9.97. The van der Waals surface area contributed by atoms with Gasteiger partial charge >= 0.3 is 0 Å². The van der Waals surface area contributed by atoms with Crippen molar-refractivity contribution in [3.63, 3.8) is 0 Å². The van der Waals surface area contributed by atoms with E-state index in [0.717, 1.165) is 10.4 Å². The van der Waals surface area contributed by atoms with Gasteiger partial charge in [0.2, 0.25) is 0 Å². The number of thiophene rings is 1. The molecule has 1 atom stereocenters. The van der Waals surface area contributed by atoms with Crippen LogP contribution in [0.4, 0.5) is 0 Å². The van der Waals surface area contributed by atoms with Gasteiger partial charge in [0, 0.05) is 0 Å². The molecule has 1 aromatic heterocycles. The summed E-state index contributed by atoms with van der Waals surface area (Å²) in [6.07, 6.45) is 0.605. The van der Waals surface area contributed by atoms with Gasteiger partial charge in [0.05, 0.1) is 4.88 Å². The van der Waals surface area contributed by atoms with Gasteiger partial charge in [-0.1, -0.05) is 13.8 Å². The lowest BCUT2D eigenvalue weighted by Crippen LogP contribution is -2.37. The van der Waals surface area contributed by atoms with Crippen LogP contribution in [-0.4, -0.2) is 5.11 Å². The Morgan fingerprint density at radius 3 is 2.43 bits per heavy atom. The molecule has 0 bridgehead atoms. The zero-order valence-corrected chi connectivity index (χ0v) is 10.1. The second-order valence-electron chi connectivity index (χ2n) is 4.40. The standard InChI is InChI=1S/C11H19NOS/c1-7(2)5-11(12,13)10-9(4)8(3)6-14-10/h6-7,13H,5,12H2,1-4H3. The molecule has 0 fully saturated rings. The van der Waals surface area contributed by atoms with Gasteiger partial charge in [0.15, 0.2) is 0 Å². The quantitative estimate of drug-likeness (QED) is 0.758. The molecule has 2 nitrogen and oxygen atoms in total. The molecule has 3 heteroatoms. The van der Waals surface area contributed by atoms with E-state index >= 15 is 0 Å². The highest BCUT2D eigenvalue weighted by Gasteiger charge is 2.28. The van der Waals surface area contributed by atoms with Crippen molar-refractivity contribution in [2.45, 2.75) is 39.8 Å². The van der Waals surface area contributed by atoms with Crippen LogP contribution < -0.4 is 5.73 Å². The summed E-state index contributed by atoms with van der Waals surface area (Å²) >= 11 is 1.55. The minimum Gasteiger partial charge on any atom is -0.371 e. The Morgan fingerprint density at radius 1 is 1.50 bits per heavy atom. The summed E-state index contributed by atoms with van der Waals surface area (Å²) in [7, 11) is 0. The fourth-order valence-corrected chi connectivity index (χ4v) is 2.74. The molecule has 0 saturated carbocycles. The second kappa shape index (κ2) is 4.01.